The van der Waals surface area contributed by atoms with Gasteiger partial charge in [-0.1, -0.05) is 0 Å². The average Bonchev–Trinajstić information content (AvgIpc) is 2.15. The molecule has 0 aromatic heterocycles. The molecule has 0 unspecified atom stereocenters. The fraction of sp³-hybridized carbons (Fsp3) is 0.333. The maximum absolute atomic E-state index is 13.4. The Labute approximate surface area is 81.0 Å². The van der Waals surface area contributed by atoms with Crippen molar-refractivity contribution in [2.24, 2.45) is 5.90 Å². The predicted molar refractivity (Wildman–Crippen MR) is 48.3 cm³/mol. The smallest absolute Gasteiger partial charge is 0.194 e. The minimum Gasteiger partial charge on any atom is -0.502 e. The summed E-state index contributed by atoms with van der Waals surface area (Å²) in [5, 5.41) is 9.39. The van der Waals surface area contributed by atoms with Gasteiger partial charge in [0.05, 0.1) is 13.7 Å². The monoisotopic (exact) mass is 201 g/mol. The van der Waals surface area contributed by atoms with Crippen molar-refractivity contribution in [2.45, 2.75) is 13.5 Å². The van der Waals surface area contributed by atoms with Crippen LogP contribution in [0, 0.1) is 12.7 Å². The number of aryl methyl sites for hydroxylation is 1. The SMILES string of the molecule is COc1c(C)cc(CON)c(F)c1O. The van der Waals surface area contributed by atoms with Gasteiger partial charge in [0, 0.05) is 5.56 Å². The maximum Gasteiger partial charge on any atom is 0.194 e. The van der Waals surface area contributed by atoms with Crippen LogP contribution in [0.25, 0.3) is 0 Å². The van der Waals surface area contributed by atoms with E-state index in [4.69, 9.17) is 10.6 Å². The van der Waals surface area contributed by atoms with E-state index in [0.29, 0.717) is 5.56 Å². The second-order valence-electron chi connectivity index (χ2n) is 2.86. The van der Waals surface area contributed by atoms with Gasteiger partial charge in [-0.05, 0) is 18.6 Å². The zero-order valence-corrected chi connectivity index (χ0v) is 8.00. The Morgan fingerprint density at radius 3 is 2.71 bits per heavy atom. The molecule has 0 saturated heterocycles. The molecule has 0 heterocycles. The van der Waals surface area contributed by atoms with Gasteiger partial charge in [-0.15, -0.1) is 0 Å². The van der Waals surface area contributed by atoms with Gasteiger partial charge < -0.3 is 9.84 Å². The zero-order valence-electron chi connectivity index (χ0n) is 8.00. The number of hydrogen-bond acceptors (Lipinski definition) is 4. The molecule has 0 fully saturated rings. The molecular weight excluding hydrogens is 189 g/mol. The summed E-state index contributed by atoms with van der Waals surface area (Å²) in [6.45, 7) is 1.60. The van der Waals surface area contributed by atoms with Crippen molar-refractivity contribution in [3.05, 3.63) is 23.0 Å². The van der Waals surface area contributed by atoms with E-state index in [1.165, 1.54) is 13.2 Å². The van der Waals surface area contributed by atoms with Crippen LogP contribution in [0.4, 0.5) is 4.39 Å². The fourth-order valence-electron chi connectivity index (χ4n) is 1.28. The Bertz CT molecular complexity index is 341. The van der Waals surface area contributed by atoms with Crippen molar-refractivity contribution in [3.63, 3.8) is 0 Å². The highest BCUT2D eigenvalue weighted by atomic mass is 19.1. The molecule has 4 nitrogen and oxygen atoms in total. The quantitative estimate of drug-likeness (QED) is 0.722. The summed E-state index contributed by atoms with van der Waals surface area (Å²) in [7, 11) is 1.36. The molecule has 3 N–H and O–H groups in total. The third kappa shape index (κ3) is 1.78. The topological polar surface area (TPSA) is 64.7 Å². The second kappa shape index (κ2) is 4.26. The molecule has 0 bridgehead atoms. The summed E-state index contributed by atoms with van der Waals surface area (Å²) in [6, 6.07) is 1.51. The maximum atomic E-state index is 13.4. The average molecular weight is 201 g/mol. The number of benzene rings is 1. The number of halogens is 1. The van der Waals surface area contributed by atoms with Crippen LogP contribution in [0.2, 0.25) is 0 Å². The van der Waals surface area contributed by atoms with Gasteiger partial charge in [-0.25, -0.2) is 10.3 Å². The van der Waals surface area contributed by atoms with E-state index in [-0.39, 0.29) is 17.9 Å². The van der Waals surface area contributed by atoms with Gasteiger partial charge in [0.2, 0.25) is 0 Å². The molecule has 78 valence electrons. The van der Waals surface area contributed by atoms with Gasteiger partial charge >= 0.3 is 0 Å². The molecule has 5 heteroatoms. The van der Waals surface area contributed by atoms with E-state index in [9.17, 15) is 9.50 Å². The molecule has 0 aliphatic rings. The number of phenols is 1. The van der Waals surface area contributed by atoms with Crippen LogP contribution in [0.5, 0.6) is 11.5 Å². The van der Waals surface area contributed by atoms with Crippen LogP contribution < -0.4 is 10.6 Å². The standard InChI is InChI=1S/C9H12FNO3/c1-5-3-6(4-14-11)7(10)8(12)9(5)13-2/h3,12H,4,11H2,1-2H3. The molecule has 0 aliphatic carbocycles. The van der Waals surface area contributed by atoms with Crippen molar-refractivity contribution in [1.82, 2.24) is 0 Å². The van der Waals surface area contributed by atoms with Crippen LogP contribution in [0.3, 0.4) is 0 Å². The lowest BCUT2D eigenvalue weighted by atomic mass is 10.1. The molecular formula is C9H12FNO3. The molecule has 1 rings (SSSR count). The Morgan fingerprint density at radius 1 is 1.57 bits per heavy atom. The van der Waals surface area contributed by atoms with Gasteiger partial charge in [0.25, 0.3) is 0 Å². The molecule has 0 aliphatic heterocycles. The Balaban J connectivity index is 3.25. The lowest BCUT2D eigenvalue weighted by Gasteiger charge is -2.10. The summed E-state index contributed by atoms with van der Waals surface area (Å²) >= 11 is 0. The predicted octanol–water partition coefficient (Wildman–Crippen LogP) is 1.24. The molecule has 14 heavy (non-hydrogen) atoms. The number of ether oxygens (including phenoxy) is 1. The molecule has 1 aromatic rings. The van der Waals surface area contributed by atoms with Crippen molar-refractivity contribution in [3.8, 4) is 11.5 Å². The van der Waals surface area contributed by atoms with Gasteiger partial charge in [-0.2, -0.15) is 0 Å². The summed E-state index contributed by atoms with van der Waals surface area (Å²) in [6.07, 6.45) is 0. The summed E-state index contributed by atoms with van der Waals surface area (Å²) in [5.74, 6) is 3.67. The Kier molecular flexibility index (Phi) is 3.27. The van der Waals surface area contributed by atoms with Crippen molar-refractivity contribution in [2.75, 3.05) is 7.11 Å². The first-order valence-corrected chi connectivity index (χ1v) is 3.98. The van der Waals surface area contributed by atoms with Gasteiger partial charge in [0.15, 0.2) is 17.3 Å². The normalized spacial score (nSPS) is 10.3. The number of hydrogen-bond donors (Lipinski definition) is 2. The molecule has 0 radical (unpaired) electrons. The van der Waals surface area contributed by atoms with Gasteiger partial charge in [-0.3, -0.25) is 4.84 Å². The lowest BCUT2D eigenvalue weighted by molar-refractivity contribution is 0.121. The molecule has 0 amide bonds. The van der Waals surface area contributed by atoms with E-state index in [1.54, 1.807) is 6.92 Å². The number of aromatic hydroxyl groups is 1. The van der Waals surface area contributed by atoms with Crippen LogP contribution in [-0.2, 0) is 11.4 Å². The fourth-order valence-corrected chi connectivity index (χ4v) is 1.28. The molecule has 0 spiro atoms. The highest BCUT2D eigenvalue weighted by molar-refractivity contribution is 5.49. The third-order valence-electron chi connectivity index (χ3n) is 1.90. The first-order chi connectivity index (χ1) is 6.61. The van der Waals surface area contributed by atoms with Gasteiger partial charge in [0.1, 0.15) is 0 Å². The van der Waals surface area contributed by atoms with E-state index in [1.807, 2.05) is 0 Å². The largest absolute Gasteiger partial charge is 0.502 e. The third-order valence-corrected chi connectivity index (χ3v) is 1.90. The number of methoxy groups -OCH3 is 1. The molecule has 1 aromatic carbocycles. The lowest BCUT2D eigenvalue weighted by Crippen LogP contribution is -2.03. The minimum absolute atomic E-state index is 0.0930. The van der Waals surface area contributed by atoms with E-state index in [0.717, 1.165) is 0 Å². The highest BCUT2D eigenvalue weighted by Crippen LogP contribution is 2.34. The first-order valence-electron chi connectivity index (χ1n) is 3.98. The molecule has 0 saturated carbocycles. The van der Waals surface area contributed by atoms with E-state index >= 15 is 0 Å². The van der Waals surface area contributed by atoms with E-state index < -0.39 is 11.6 Å². The van der Waals surface area contributed by atoms with Crippen molar-refractivity contribution >= 4 is 0 Å². The minimum atomic E-state index is -0.766. The number of rotatable bonds is 3. The Hall–Kier alpha value is -1.33. The summed E-state index contributed by atoms with van der Waals surface area (Å²) < 4.78 is 18.2. The number of phenolic OH excluding ortho intramolecular Hbond substituents is 1. The highest BCUT2D eigenvalue weighted by Gasteiger charge is 2.15. The zero-order chi connectivity index (χ0) is 10.7. The molecule has 0 atom stereocenters. The van der Waals surface area contributed by atoms with E-state index in [2.05, 4.69) is 4.84 Å². The van der Waals surface area contributed by atoms with Crippen LogP contribution in [-0.4, -0.2) is 12.2 Å². The van der Waals surface area contributed by atoms with Crippen LogP contribution >= 0.6 is 0 Å². The summed E-state index contributed by atoms with van der Waals surface area (Å²) in [4.78, 5) is 4.30. The van der Waals surface area contributed by atoms with Crippen LogP contribution in [0.15, 0.2) is 6.07 Å². The van der Waals surface area contributed by atoms with Crippen molar-refractivity contribution < 1.29 is 19.1 Å². The number of nitrogens with two attached hydrogens (primary N) is 1. The van der Waals surface area contributed by atoms with Crippen LogP contribution in [0.1, 0.15) is 11.1 Å². The van der Waals surface area contributed by atoms with Crippen molar-refractivity contribution in [1.29, 1.82) is 0 Å². The summed E-state index contributed by atoms with van der Waals surface area (Å²) in [5.41, 5.74) is 0.821. The first kappa shape index (κ1) is 10.7. The Morgan fingerprint density at radius 2 is 2.21 bits per heavy atom. The second-order valence-corrected chi connectivity index (χ2v) is 2.86.